The van der Waals surface area contributed by atoms with Gasteiger partial charge in [0.25, 0.3) is 0 Å². The Balaban J connectivity index is 2.08. The van der Waals surface area contributed by atoms with Gasteiger partial charge in [-0.1, -0.05) is 11.6 Å². The van der Waals surface area contributed by atoms with Crippen molar-refractivity contribution in [2.24, 2.45) is 0 Å². The monoisotopic (exact) mass is 181 g/mol. The van der Waals surface area contributed by atoms with E-state index in [-0.39, 0.29) is 6.04 Å². The Morgan fingerprint density at radius 1 is 1.54 bits per heavy atom. The molecule has 13 heavy (non-hydrogen) atoms. The molecule has 4 nitrogen and oxygen atoms in total. The summed E-state index contributed by atoms with van der Waals surface area (Å²) >= 11 is 0. The van der Waals surface area contributed by atoms with Crippen LogP contribution in [0, 0.1) is 0 Å². The van der Waals surface area contributed by atoms with Gasteiger partial charge in [0, 0.05) is 5.92 Å². The summed E-state index contributed by atoms with van der Waals surface area (Å²) in [5, 5.41) is 7.03. The summed E-state index contributed by atoms with van der Waals surface area (Å²) in [6.07, 6.45) is 3.70. The average molecular weight is 181 g/mol. The molecule has 0 aromatic carbocycles. The highest BCUT2D eigenvalue weighted by Crippen LogP contribution is 2.35. The zero-order valence-electron chi connectivity index (χ0n) is 8.08. The second kappa shape index (κ2) is 3.46. The fourth-order valence-electron chi connectivity index (χ4n) is 1.37. The van der Waals surface area contributed by atoms with Crippen molar-refractivity contribution in [1.29, 1.82) is 0 Å². The summed E-state index contributed by atoms with van der Waals surface area (Å²) in [5.74, 6) is 2.12. The fourth-order valence-corrected chi connectivity index (χ4v) is 1.37. The number of nitrogens with one attached hydrogen (secondary N) is 1. The summed E-state index contributed by atoms with van der Waals surface area (Å²) in [6, 6.07) is 0.178. The minimum absolute atomic E-state index is 0.178. The van der Waals surface area contributed by atoms with Crippen molar-refractivity contribution in [2.45, 2.75) is 38.1 Å². The molecule has 1 atom stereocenters. The van der Waals surface area contributed by atoms with E-state index in [2.05, 4.69) is 15.5 Å². The maximum Gasteiger partial charge on any atom is 0.229 e. The van der Waals surface area contributed by atoms with Crippen LogP contribution < -0.4 is 5.32 Å². The smallest absolute Gasteiger partial charge is 0.229 e. The van der Waals surface area contributed by atoms with Crippen molar-refractivity contribution in [3.63, 3.8) is 0 Å². The van der Waals surface area contributed by atoms with Gasteiger partial charge in [0.05, 0.1) is 6.04 Å². The minimum atomic E-state index is 0.178. The highest BCUT2D eigenvalue weighted by molar-refractivity contribution is 5.00. The lowest BCUT2D eigenvalue weighted by atomic mass is 9.85. The van der Waals surface area contributed by atoms with E-state index in [1.165, 1.54) is 19.3 Å². The first-order chi connectivity index (χ1) is 6.31. The quantitative estimate of drug-likeness (QED) is 0.769. The second-order valence-electron chi connectivity index (χ2n) is 3.63. The molecule has 1 N–H and O–H groups in total. The van der Waals surface area contributed by atoms with Gasteiger partial charge >= 0.3 is 0 Å². The molecular weight excluding hydrogens is 166 g/mol. The van der Waals surface area contributed by atoms with Gasteiger partial charge in [-0.3, -0.25) is 0 Å². The van der Waals surface area contributed by atoms with Crippen molar-refractivity contribution in [3.05, 3.63) is 11.7 Å². The minimum Gasteiger partial charge on any atom is -0.339 e. The van der Waals surface area contributed by atoms with Crippen LogP contribution in [-0.4, -0.2) is 17.2 Å². The lowest BCUT2D eigenvalue weighted by Crippen LogP contribution is -2.14. The van der Waals surface area contributed by atoms with Crippen molar-refractivity contribution in [1.82, 2.24) is 15.5 Å². The van der Waals surface area contributed by atoms with Crippen molar-refractivity contribution in [2.75, 3.05) is 7.05 Å². The predicted molar refractivity (Wildman–Crippen MR) is 48.4 cm³/mol. The summed E-state index contributed by atoms with van der Waals surface area (Å²) in [4.78, 5) is 4.36. The largest absolute Gasteiger partial charge is 0.339 e. The van der Waals surface area contributed by atoms with Gasteiger partial charge in [-0.2, -0.15) is 4.98 Å². The van der Waals surface area contributed by atoms with Crippen LogP contribution in [0.15, 0.2) is 4.52 Å². The first kappa shape index (κ1) is 8.69. The number of rotatable bonds is 3. The average Bonchev–Trinajstić information content (AvgIpc) is 2.49. The second-order valence-corrected chi connectivity index (χ2v) is 3.63. The highest BCUT2D eigenvalue weighted by Gasteiger charge is 2.25. The molecule has 1 saturated carbocycles. The Bertz CT molecular complexity index is 261. The van der Waals surface area contributed by atoms with Gasteiger partial charge < -0.3 is 9.84 Å². The lowest BCUT2D eigenvalue weighted by Gasteiger charge is -2.20. The Morgan fingerprint density at radius 3 is 2.85 bits per heavy atom. The van der Waals surface area contributed by atoms with E-state index in [9.17, 15) is 0 Å². The molecule has 1 aliphatic rings. The zero-order valence-corrected chi connectivity index (χ0v) is 8.08. The van der Waals surface area contributed by atoms with E-state index in [1.807, 2.05) is 14.0 Å². The predicted octanol–water partition coefficient (Wildman–Crippen LogP) is 1.62. The molecule has 1 aromatic rings. The zero-order chi connectivity index (χ0) is 9.26. The third-order valence-electron chi connectivity index (χ3n) is 2.73. The topological polar surface area (TPSA) is 51.0 Å². The molecule has 1 aliphatic carbocycles. The van der Waals surface area contributed by atoms with Gasteiger partial charge in [0.15, 0.2) is 5.82 Å². The van der Waals surface area contributed by atoms with Gasteiger partial charge in [-0.15, -0.1) is 0 Å². The van der Waals surface area contributed by atoms with Crippen LogP contribution in [0.1, 0.15) is 49.9 Å². The molecule has 4 heteroatoms. The molecule has 1 aromatic heterocycles. The molecule has 1 fully saturated rings. The van der Waals surface area contributed by atoms with Crippen LogP contribution >= 0.6 is 0 Å². The molecule has 1 unspecified atom stereocenters. The summed E-state index contributed by atoms with van der Waals surface area (Å²) in [7, 11) is 1.89. The molecule has 1 heterocycles. The maximum atomic E-state index is 5.19. The van der Waals surface area contributed by atoms with Gasteiger partial charge in [0.1, 0.15) is 0 Å². The summed E-state index contributed by atoms with van der Waals surface area (Å²) < 4.78 is 5.19. The molecule has 0 amide bonds. The Labute approximate surface area is 77.7 Å². The van der Waals surface area contributed by atoms with Crippen molar-refractivity contribution >= 4 is 0 Å². The molecule has 0 spiro atoms. The van der Waals surface area contributed by atoms with E-state index in [4.69, 9.17) is 4.52 Å². The van der Waals surface area contributed by atoms with Crippen LogP contribution in [0.25, 0.3) is 0 Å². The number of hydrogen-bond donors (Lipinski definition) is 1. The number of aromatic nitrogens is 2. The molecule has 2 rings (SSSR count). The molecule has 0 aliphatic heterocycles. The SMILES string of the molecule is CNC(C)c1noc(C2CCC2)n1. The molecule has 0 bridgehead atoms. The third kappa shape index (κ3) is 1.58. The van der Waals surface area contributed by atoms with Gasteiger partial charge in [-0.25, -0.2) is 0 Å². The van der Waals surface area contributed by atoms with Gasteiger partial charge in [-0.05, 0) is 26.8 Å². The van der Waals surface area contributed by atoms with Crippen LogP contribution in [0.5, 0.6) is 0 Å². The fraction of sp³-hybridized carbons (Fsp3) is 0.778. The normalized spacial score (nSPS) is 19.8. The molecule has 72 valence electrons. The van der Waals surface area contributed by atoms with E-state index < -0.39 is 0 Å². The Morgan fingerprint density at radius 2 is 2.31 bits per heavy atom. The van der Waals surface area contributed by atoms with Crippen LogP contribution in [0.2, 0.25) is 0 Å². The molecule has 0 saturated heterocycles. The molecular formula is C9H15N3O. The maximum absolute atomic E-state index is 5.19. The van der Waals surface area contributed by atoms with E-state index >= 15 is 0 Å². The van der Waals surface area contributed by atoms with Crippen LogP contribution in [-0.2, 0) is 0 Å². The first-order valence-electron chi connectivity index (χ1n) is 4.82. The van der Waals surface area contributed by atoms with Crippen LogP contribution in [0.4, 0.5) is 0 Å². The standard InChI is InChI=1S/C9H15N3O/c1-6(10-2)8-11-9(13-12-8)7-4-3-5-7/h6-7,10H,3-5H2,1-2H3. The number of hydrogen-bond acceptors (Lipinski definition) is 4. The van der Waals surface area contributed by atoms with Crippen LogP contribution in [0.3, 0.4) is 0 Å². The lowest BCUT2D eigenvalue weighted by molar-refractivity contribution is 0.290. The first-order valence-corrected chi connectivity index (χ1v) is 4.82. The third-order valence-corrected chi connectivity index (χ3v) is 2.73. The Hall–Kier alpha value is -0.900. The van der Waals surface area contributed by atoms with Crippen molar-refractivity contribution < 1.29 is 4.52 Å². The molecule has 0 radical (unpaired) electrons. The highest BCUT2D eigenvalue weighted by atomic mass is 16.5. The summed E-state index contributed by atoms with van der Waals surface area (Å²) in [6.45, 7) is 2.02. The number of nitrogens with zero attached hydrogens (tertiary/aromatic N) is 2. The summed E-state index contributed by atoms with van der Waals surface area (Å²) in [5.41, 5.74) is 0. The van der Waals surface area contributed by atoms with E-state index in [0.29, 0.717) is 5.92 Å². The van der Waals surface area contributed by atoms with E-state index in [1.54, 1.807) is 0 Å². The van der Waals surface area contributed by atoms with Gasteiger partial charge in [0.2, 0.25) is 5.89 Å². The Kier molecular flexibility index (Phi) is 2.31. The van der Waals surface area contributed by atoms with Crippen molar-refractivity contribution in [3.8, 4) is 0 Å². The van der Waals surface area contributed by atoms with E-state index in [0.717, 1.165) is 11.7 Å².